The molecule has 1 atom stereocenters. The Kier molecular flexibility index (Phi) is 6.02. The van der Waals surface area contributed by atoms with E-state index in [1.165, 1.54) is 6.33 Å². The maximum atomic E-state index is 13.0. The smallest absolute Gasteiger partial charge is 0.254 e. The number of para-hydroxylation sites is 1. The van der Waals surface area contributed by atoms with Crippen LogP contribution in [0.5, 0.6) is 17.4 Å². The van der Waals surface area contributed by atoms with Gasteiger partial charge in [-0.05, 0) is 49.7 Å². The third kappa shape index (κ3) is 4.60. The molecule has 1 fully saturated rings. The second-order valence-corrected chi connectivity index (χ2v) is 7.60. The van der Waals surface area contributed by atoms with Gasteiger partial charge in [0.15, 0.2) is 0 Å². The summed E-state index contributed by atoms with van der Waals surface area (Å²) in [5.74, 6) is 2.84. The second kappa shape index (κ2) is 9.04. The van der Waals surface area contributed by atoms with E-state index in [9.17, 15) is 4.79 Å². The van der Waals surface area contributed by atoms with E-state index < -0.39 is 0 Å². The normalized spacial score (nSPS) is 16.2. The summed E-state index contributed by atoms with van der Waals surface area (Å²) in [6, 6.07) is 16.9. The van der Waals surface area contributed by atoms with Gasteiger partial charge in [-0.1, -0.05) is 18.2 Å². The Morgan fingerprint density at radius 1 is 1.06 bits per heavy atom. The predicted octanol–water partition coefficient (Wildman–Crippen LogP) is 3.94. The van der Waals surface area contributed by atoms with Crippen molar-refractivity contribution < 1.29 is 14.3 Å². The van der Waals surface area contributed by atoms with Gasteiger partial charge in [-0.25, -0.2) is 9.97 Å². The molecule has 0 N–H and O–H groups in total. The first kappa shape index (κ1) is 20.7. The Labute approximate surface area is 182 Å². The summed E-state index contributed by atoms with van der Waals surface area (Å²) in [4.78, 5) is 25.7. The van der Waals surface area contributed by atoms with Crippen LogP contribution in [0.1, 0.15) is 22.8 Å². The van der Waals surface area contributed by atoms with Crippen LogP contribution in [0.15, 0.2) is 60.9 Å². The van der Waals surface area contributed by atoms with Gasteiger partial charge in [0.1, 0.15) is 23.6 Å². The lowest BCUT2D eigenvalue weighted by Crippen LogP contribution is -2.54. The third-order valence-corrected chi connectivity index (χ3v) is 5.48. The van der Waals surface area contributed by atoms with Crippen molar-refractivity contribution in [2.24, 2.45) is 0 Å². The zero-order valence-electron chi connectivity index (χ0n) is 18.0. The second-order valence-electron chi connectivity index (χ2n) is 7.60. The average molecular weight is 418 g/mol. The number of hydrogen-bond acceptors (Lipinski definition) is 6. The minimum Gasteiger partial charge on any atom is -0.497 e. The number of aryl methyl sites for hydroxylation is 1. The molecule has 7 nitrogen and oxygen atoms in total. The van der Waals surface area contributed by atoms with Crippen LogP contribution >= 0.6 is 0 Å². The molecule has 160 valence electrons. The van der Waals surface area contributed by atoms with Gasteiger partial charge in [-0.2, -0.15) is 0 Å². The SMILES string of the molecule is COc1ccc(C(=O)N2CCN(c3cc(Oc4ccccc4C)ncn3)C[C@H]2C)cc1. The van der Waals surface area contributed by atoms with E-state index in [0.717, 1.165) is 22.9 Å². The Morgan fingerprint density at radius 2 is 1.84 bits per heavy atom. The maximum absolute atomic E-state index is 13.0. The van der Waals surface area contributed by atoms with E-state index in [1.807, 2.05) is 54.3 Å². The van der Waals surface area contributed by atoms with Crippen molar-refractivity contribution in [2.75, 3.05) is 31.6 Å². The third-order valence-electron chi connectivity index (χ3n) is 5.48. The zero-order chi connectivity index (χ0) is 21.8. The molecule has 1 saturated heterocycles. The molecule has 4 rings (SSSR count). The van der Waals surface area contributed by atoms with Gasteiger partial charge in [-0.15, -0.1) is 0 Å². The summed E-state index contributed by atoms with van der Waals surface area (Å²) in [5.41, 5.74) is 1.71. The molecule has 3 aromatic rings. The number of amides is 1. The lowest BCUT2D eigenvalue weighted by molar-refractivity contribution is 0.0673. The molecule has 0 radical (unpaired) electrons. The molecule has 2 aromatic carbocycles. The fraction of sp³-hybridized carbons (Fsp3) is 0.292. The van der Waals surface area contributed by atoms with Crippen LogP contribution in [0.3, 0.4) is 0 Å². The van der Waals surface area contributed by atoms with Gasteiger partial charge >= 0.3 is 0 Å². The Morgan fingerprint density at radius 3 is 2.55 bits per heavy atom. The van der Waals surface area contributed by atoms with E-state index in [-0.39, 0.29) is 11.9 Å². The molecular formula is C24H26N4O3. The molecule has 31 heavy (non-hydrogen) atoms. The van der Waals surface area contributed by atoms with Gasteiger partial charge in [0.25, 0.3) is 5.91 Å². The van der Waals surface area contributed by atoms with E-state index >= 15 is 0 Å². The number of piperazine rings is 1. The number of nitrogens with zero attached hydrogens (tertiary/aromatic N) is 4. The van der Waals surface area contributed by atoms with E-state index in [2.05, 4.69) is 21.8 Å². The van der Waals surface area contributed by atoms with Crippen LogP contribution in [0, 0.1) is 6.92 Å². The van der Waals surface area contributed by atoms with Gasteiger partial charge in [0.05, 0.1) is 7.11 Å². The fourth-order valence-electron chi connectivity index (χ4n) is 3.71. The van der Waals surface area contributed by atoms with Crippen LogP contribution in [-0.2, 0) is 0 Å². The highest BCUT2D eigenvalue weighted by Crippen LogP contribution is 2.26. The highest BCUT2D eigenvalue weighted by Gasteiger charge is 2.29. The molecule has 1 aliphatic heterocycles. The molecule has 0 bridgehead atoms. The van der Waals surface area contributed by atoms with Gasteiger partial charge in [0.2, 0.25) is 5.88 Å². The molecule has 0 aliphatic carbocycles. The summed E-state index contributed by atoms with van der Waals surface area (Å²) in [7, 11) is 1.61. The predicted molar refractivity (Wildman–Crippen MR) is 119 cm³/mol. The number of carbonyl (C=O) groups excluding carboxylic acids is 1. The van der Waals surface area contributed by atoms with Gasteiger partial charge < -0.3 is 19.3 Å². The molecule has 2 heterocycles. The van der Waals surface area contributed by atoms with E-state index in [1.54, 1.807) is 19.2 Å². The Hall–Kier alpha value is -3.61. The number of carbonyl (C=O) groups is 1. The zero-order valence-corrected chi connectivity index (χ0v) is 18.0. The largest absolute Gasteiger partial charge is 0.497 e. The monoisotopic (exact) mass is 418 g/mol. The first-order valence-corrected chi connectivity index (χ1v) is 10.3. The van der Waals surface area contributed by atoms with Crippen LogP contribution in [0.4, 0.5) is 5.82 Å². The summed E-state index contributed by atoms with van der Waals surface area (Å²) < 4.78 is 11.1. The van der Waals surface area contributed by atoms with Crippen LogP contribution in [0.2, 0.25) is 0 Å². The minimum atomic E-state index is 0.0288. The van der Waals surface area contributed by atoms with Crippen molar-refractivity contribution in [1.29, 1.82) is 0 Å². The number of anilines is 1. The number of methoxy groups -OCH3 is 1. The summed E-state index contributed by atoms with van der Waals surface area (Å²) in [5, 5.41) is 0. The first-order chi connectivity index (χ1) is 15.0. The standard InChI is InChI=1S/C24H26N4O3/c1-17-6-4-5-7-21(17)31-23-14-22(25-16-26-23)27-12-13-28(18(2)15-27)24(29)19-8-10-20(30-3)11-9-19/h4-11,14,16,18H,12-13,15H2,1-3H3/t18-/m1/s1. The summed E-state index contributed by atoms with van der Waals surface area (Å²) in [6.07, 6.45) is 1.52. The number of benzene rings is 2. The number of hydrogen-bond donors (Lipinski definition) is 0. The molecule has 1 aromatic heterocycles. The molecule has 0 spiro atoms. The Bertz CT molecular complexity index is 1050. The highest BCUT2D eigenvalue weighted by molar-refractivity contribution is 5.94. The van der Waals surface area contributed by atoms with Gasteiger partial charge in [-0.3, -0.25) is 4.79 Å². The molecule has 1 amide bonds. The van der Waals surface area contributed by atoms with Gasteiger partial charge in [0, 0.05) is 37.3 Å². The average Bonchev–Trinajstić information content (AvgIpc) is 2.80. The van der Waals surface area contributed by atoms with Crippen LogP contribution in [-0.4, -0.2) is 53.6 Å². The Balaban J connectivity index is 1.43. The molecule has 1 aliphatic rings. The number of rotatable bonds is 5. The lowest BCUT2D eigenvalue weighted by atomic mass is 10.1. The van der Waals surface area contributed by atoms with Crippen molar-refractivity contribution >= 4 is 11.7 Å². The minimum absolute atomic E-state index is 0.0288. The molecule has 7 heteroatoms. The molecule has 0 unspecified atom stereocenters. The number of ether oxygens (including phenoxy) is 2. The van der Waals surface area contributed by atoms with Crippen molar-refractivity contribution in [2.45, 2.75) is 19.9 Å². The van der Waals surface area contributed by atoms with E-state index in [4.69, 9.17) is 9.47 Å². The van der Waals surface area contributed by atoms with Crippen molar-refractivity contribution in [3.05, 3.63) is 72.1 Å². The molecule has 0 saturated carbocycles. The topological polar surface area (TPSA) is 67.8 Å². The molecular weight excluding hydrogens is 392 g/mol. The maximum Gasteiger partial charge on any atom is 0.254 e. The highest BCUT2D eigenvalue weighted by atomic mass is 16.5. The van der Waals surface area contributed by atoms with Crippen molar-refractivity contribution in [1.82, 2.24) is 14.9 Å². The summed E-state index contributed by atoms with van der Waals surface area (Å²) >= 11 is 0. The van der Waals surface area contributed by atoms with Crippen molar-refractivity contribution in [3.63, 3.8) is 0 Å². The van der Waals surface area contributed by atoms with Crippen LogP contribution in [0.25, 0.3) is 0 Å². The van der Waals surface area contributed by atoms with Crippen LogP contribution < -0.4 is 14.4 Å². The fourth-order valence-corrected chi connectivity index (χ4v) is 3.71. The lowest BCUT2D eigenvalue weighted by Gasteiger charge is -2.40. The number of aromatic nitrogens is 2. The van der Waals surface area contributed by atoms with E-state index in [0.29, 0.717) is 31.1 Å². The van der Waals surface area contributed by atoms with Crippen molar-refractivity contribution in [3.8, 4) is 17.4 Å². The summed E-state index contributed by atoms with van der Waals surface area (Å²) in [6.45, 7) is 6.04. The first-order valence-electron chi connectivity index (χ1n) is 10.3. The quantitative estimate of drug-likeness (QED) is 0.625.